The quantitative estimate of drug-likeness (QED) is 0.708. The summed E-state index contributed by atoms with van der Waals surface area (Å²) in [7, 11) is 0. The minimum absolute atomic E-state index is 0.117. The number of aliphatic hydroxyl groups excluding tert-OH is 1. The van der Waals surface area contributed by atoms with Crippen molar-refractivity contribution in [1.29, 1.82) is 0 Å². The molecule has 1 rings (SSSR count). The Labute approximate surface area is 87.9 Å². The number of aliphatic hydroxyl groups is 1. The smallest absolute Gasteiger partial charge is 0.252 e. The van der Waals surface area contributed by atoms with Crippen molar-refractivity contribution in [2.45, 2.75) is 6.92 Å². The van der Waals surface area contributed by atoms with Crippen LogP contribution in [0.5, 0.6) is 0 Å². The van der Waals surface area contributed by atoms with Gasteiger partial charge in [-0.05, 0) is 19.1 Å². The largest absolute Gasteiger partial charge is 0.395 e. The van der Waals surface area contributed by atoms with Gasteiger partial charge in [-0.1, -0.05) is 11.6 Å². The summed E-state index contributed by atoms with van der Waals surface area (Å²) in [5.74, 6) is -0.342. The Morgan fingerprint density at radius 3 is 2.87 bits per heavy atom. The maximum Gasteiger partial charge on any atom is 0.252 e. The minimum atomic E-state index is -0.342. The Kier molecular flexibility index (Phi) is 4.00. The summed E-state index contributed by atoms with van der Waals surface area (Å²) < 4.78 is 0. The summed E-state index contributed by atoms with van der Waals surface area (Å²) in [6.07, 6.45) is 0.654. The highest BCUT2D eigenvalue weighted by Crippen LogP contribution is 2.09. The predicted octanol–water partition coefficient (Wildman–Crippen LogP) is 0.530. The molecule has 4 heteroatoms. The fourth-order valence-electron chi connectivity index (χ4n) is 1.25. The van der Waals surface area contributed by atoms with E-state index >= 15 is 0 Å². The number of hydrogen-bond donors (Lipinski definition) is 2. The van der Waals surface area contributed by atoms with E-state index in [1.807, 2.05) is 6.92 Å². The Bertz CT molecular complexity index is 374. The molecule has 1 amide bonds. The summed E-state index contributed by atoms with van der Waals surface area (Å²) in [6, 6.07) is 5.02. The molecule has 0 aliphatic heterocycles. The van der Waals surface area contributed by atoms with Crippen molar-refractivity contribution in [3.8, 4) is 0 Å². The number of aldehydes is 1. The van der Waals surface area contributed by atoms with E-state index in [0.29, 0.717) is 17.4 Å². The molecule has 0 atom stereocenters. The lowest BCUT2D eigenvalue weighted by atomic mass is 10.0. The van der Waals surface area contributed by atoms with E-state index in [4.69, 9.17) is 5.11 Å². The van der Waals surface area contributed by atoms with Crippen molar-refractivity contribution in [3.05, 3.63) is 34.9 Å². The average molecular weight is 207 g/mol. The van der Waals surface area contributed by atoms with Crippen molar-refractivity contribution in [2.75, 3.05) is 13.2 Å². The van der Waals surface area contributed by atoms with Crippen LogP contribution in [0.2, 0.25) is 0 Å². The van der Waals surface area contributed by atoms with Crippen LogP contribution >= 0.6 is 0 Å². The van der Waals surface area contributed by atoms with Gasteiger partial charge in [-0.3, -0.25) is 9.59 Å². The van der Waals surface area contributed by atoms with Gasteiger partial charge in [0.05, 0.1) is 6.61 Å². The van der Waals surface area contributed by atoms with Crippen molar-refractivity contribution in [3.63, 3.8) is 0 Å². The van der Waals surface area contributed by atoms with E-state index in [2.05, 4.69) is 5.32 Å². The number of nitrogens with one attached hydrogen (secondary N) is 1. The number of aryl methyl sites for hydroxylation is 1. The van der Waals surface area contributed by atoms with E-state index in [-0.39, 0.29) is 19.1 Å². The summed E-state index contributed by atoms with van der Waals surface area (Å²) in [4.78, 5) is 22.2. The summed E-state index contributed by atoms with van der Waals surface area (Å²) in [6.45, 7) is 1.92. The molecular formula is C11H13NO3. The number of carbonyl (C=O) groups excluding carboxylic acids is 2. The third-order valence-electron chi connectivity index (χ3n) is 1.98. The van der Waals surface area contributed by atoms with Gasteiger partial charge in [-0.15, -0.1) is 0 Å². The van der Waals surface area contributed by atoms with Crippen LogP contribution in [0.3, 0.4) is 0 Å². The van der Waals surface area contributed by atoms with Crippen molar-refractivity contribution >= 4 is 12.2 Å². The molecule has 0 aliphatic carbocycles. The second kappa shape index (κ2) is 5.26. The normalized spacial score (nSPS) is 9.73. The Hall–Kier alpha value is -1.68. The average Bonchev–Trinajstić information content (AvgIpc) is 2.25. The van der Waals surface area contributed by atoms with Gasteiger partial charge in [0.25, 0.3) is 5.91 Å². The standard InChI is InChI=1S/C11H13NO3/c1-8-2-3-10(9(6-8)7-14)11(15)12-4-5-13/h2-3,6-7,13H,4-5H2,1H3,(H,12,15). The van der Waals surface area contributed by atoms with Crippen LogP contribution < -0.4 is 5.32 Å². The molecule has 15 heavy (non-hydrogen) atoms. The summed E-state index contributed by atoms with van der Waals surface area (Å²) >= 11 is 0. The molecule has 4 nitrogen and oxygen atoms in total. The molecule has 1 aromatic rings. The molecular weight excluding hydrogens is 194 g/mol. The zero-order chi connectivity index (χ0) is 11.3. The van der Waals surface area contributed by atoms with E-state index < -0.39 is 0 Å². The topological polar surface area (TPSA) is 66.4 Å². The van der Waals surface area contributed by atoms with Crippen LogP contribution in [0.4, 0.5) is 0 Å². The van der Waals surface area contributed by atoms with Crippen LogP contribution in [0.15, 0.2) is 18.2 Å². The molecule has 0 spiro atoms. The number of carbonyl (C=O) groups is 2. The van der Waals surface area contributed by atoms with E-state index in [9.17, 15) is 9.59 Å². The van der Waals surface area contributed by atoms with Crippen molar-refractivity contribution in [2.24, 2.45) is 0 Å². The van der Waals surface area contributed by atoms with Crippen molar-refractivity contribution in [1.82, 2.24) is 5.32 Å². The molecule has 0 heterocycles. The number of hydrogen-bond acceptors (Lipinski definition) is 3. The molecule has 0 aliphatic rings. The SMILES string of the molecule is Cc1ccc(C(=O)NCCO)c(C=O)c1. The molecule has 0 bridgehead atoms. The molecule has 0 aromatic heterocycles. The first-order valence-corrected chi connectivity index (χ1v) is 4.64. The second-order valence-corrected chi connectivity index (χ2v) is 3.19. The van der Waals surface area contributed by atoms with Gasteiger partial charge in [0.1, 0.15) is 0 Å². The highest BCUT2D eigenvalue weighted by Gasteiger charge is 2.09. The second-order valence-electron chi connectivity index (χ2n) is 3.19. The van der Waals surface area contributed by atoms with Crippen LogP contribution in [-0.2, 0) is 0 Å². The van der Waals surface area contributed by atoms with Gasteiger partial charge in [0.2, 0.25) is 0 Å². The molecule has 1 aromatic carbocycles. The molecule has 0 saturated heterocycles. The number of rotatable bonds is 4. The Morgan fingerprint density at radius 1 is 1.53 bits per heavy atom. The number of amides is 1. The zero-order valence-corrected chi connectivity index (χ0v) is 8.49. The molecule has 2 N–H and O–H groups in total. The van der Waals surface area contributed by atoms with E-state index in [1.54, 1.807) is 18.2 Å². The fourth-order valence-corrected chi connectivity index (χ4v) is 1.25. The third-order valence-corrected chi connectivity index (χ3v) is 1.98. The van der Waals surface area contributed by atoms with Crippen molar-refractivity contribution < 1.29 is 14.7 Å². The molecule has 80 valence electrons. The fraction of sp³-hybridized carbons (Fsp3) is 0.273. The first kappa shape index (κ1) is 11.4. The van der Waals surface area contributed by atoms with Crippen LogP contribution in [0.25, 0.3) is 0 Å². The molecule has 0 saturated carbocycles. The third kappa shape index (κ3) is 2.89. The maximum absolute atomic E-state index is 11.5. The lowest BCUT2D eigenvalue weighted by Crippen LogP contribution is -2.27. The molecule has 0 fully saturated rings. The number of benzene rings is 1. The van der Waals surface area contributed by atoms with Crippen LogP contribution in [0.1, 0.15) is 26.3 Å². The Morgan fingerprint density at radius 2 is 2.27 bits per heavy atom. The first-order valence-electron chi connectivity index (χ1n) is 4.64. The van der Waals surface area contributed by atoms with E-state index in [0.717, 1.165) is 5.56 Å². The summed E-state index contributed by atoms with van der Waals surface area (Å²) in [5.41, 5.74) is 1.63. The van der Waals surface area contributed by atoms with Gasteiger partial charge < -0.3 is 10.4 Å². The van der Waals surface area contributed by atoms with Gasteiger partial charge in [-0.25, -0.2) is 0 Å². The monoisotopic (exact) mass is 207 g/mol. The Balaban J connectivity index is 2.92. The highest BCUT2D eigenvalue weighted by molar-refractivity contribution is 6.01. The molecule has 0 radical (unpaired) electrons. The first-order chi connectivity index (χ1) is 7.19. The van der Waals surface area contributed by atoms with E-state index in [1.165, 1.54) is 0 Å². The maximum atomic E-state index is 11.5. The van der Waals surface area contributed by atoms with Gasteiger partial charge in [-0.2, -0.15) is 0 Å². The summed E-state index contributed by atoms with van der Waals surface area (Å²) in [5, 5.41) is 11.0. The predicted molar refractivity (Wildman–Crippen MR) is 56.0 cm³/mol. The van der Waals surface area contributed by atoms with Crippen LogP contribution in [-0.4, -0.2) is 30.5 Å². The van der Waals surface area contributed by atoms with Gasteiger partial charge in [0, 0.05) is 17.7 Å². The lowest BCUT2D eigenvalue weighted by molar-refractivity contribution is 0.0939. The highest BCUT2D eigenvalue weighted by atomic mass is 16.3. The van der Waals surface area contributed by atoms with Gasteiger partial charge in [0.15, 0.2) is 6.29 Å². The minimum Gasteiger partial charge on any atom is -0.395 e. The van der Waals surface area contributed by atoms with Crippen LogP contribution in [0, 0.1) is 6.92 Å². The zero-order valence-electron chi connectivity index (χ0n) is 8.49. The lowest BCUT2D eigenvalue weighted by Gasteiger charge is -2.06. The van der Waals surface area contributed by atoms with Gasteiger partial charge >= 0.3 is 0 Å². The molecule has 0 unspecified atom stereocenters.